The van der Waals surface area contributed by atoms with Crippen LogP contribution in [-0.4, -0.2) is 10.8 Å². The fraction of sp³-hybridized carbons (Fsp3) is 0. The van der Waals surface area contributed by atoms with Crippen molar-refractivity contribution in [2.45, 2.75) is 0 Å². The molecule has 0 aromatic heterocycles. The molecule has 2 aromatic carbocycles. The van der Waals surface area contributed by atoms with Gasteiger partial charge < -0.3 is 5.32 Å². The molecule has 8 heteroatoms. The Kier molecular flexibility index (Phi) is 4.82. The summed E-state index contributed by atoms with van der Waals surface area (Å²) in [5.41, 5.74) is 0.310. The van der Waals surface area contributed by atoms with Crippen molar-refractivity contribution in [1.82, 2.24) is 0 Å². The number of nitrogens with one attached hydrogen (secondary N) is 1. The summed E-state index contributed by atoms with van der Waals surface area (Å²) >= 11 is 14.8. The number of nitrogens with zero attached hydrogens (tertiary/aromatic N) is 1. The third kappa shape index (κ3) is 3.53. The van der Waals surface area contributed by atoms with Gasteiger partial charge in [-0.05, 0) is 40.2 Å². The summed E-state index contributed by atoms with van der Waals surface area (Å²) < 4.78 is 0.109. The van der Waals surface area contributed by atoms with Crippen molar-refractivity contribution < 1.29 is 9.72 Å². The number of rotatable bonds is 3. The van der Waals surface area contributed by atoms with Crippen LogP contribution in [0.2, 0.25) is 10.0 Å². The van der Waals surface area contributed by atoms with Gasteiger partial charge in [-0.15, -0.1) is 0 Å². The summed E-state index contributed by atoms with van der Waals surface area (Å²) in [5.74, 6) is -0.519. The molecular formula is C13H7BrCl2N2O3. The molecule has 0 aliphatic carbocycles. The number of anilines is 1. The summed E-state index contributed by atoms with van der Waals surface area (Å²) in [6.07, 6.45) is 0. The first-order valence-electron chi connectivity index (χ1n) is 5.59. The highest BCUT2D eigenvalue weighted by Crippen LogP contribution is 2.30. The molecule has 0 radical (unpaired) electrons. The molecule has 2 rings (SSSR count). The highest BCUT2D eigenvalue weighted by atomic mass is 79.9. The molecule has 2 aromatic rings. The predicted octanol–water partition coefficient (Wildman–Crippen LogP) is 4.92. The molecule has 0 saturated heterocycles. The van der Waals surface area contributed by atoms with E-state index in [2.05, 4.69) is 21.2 Å². The molecule has 1 amide bonds. The summed E-state index contributed by atoms with van der Waals surface area (Å²) in [7, 11) is 0. The molecule has 0 saturated carbocycles. The number of nitro benzene ring substituents is 1. The maximum atomic E-state index is 12.2. The van der Waals surface area contributed by atoms with E-state index in [4.69, 9.17) is 23.2 Å². The molecule has 1 N–H and O–H groups in total. The van der Waals surface area contributed by atoms with Gasteiger partial charge in [0, 0.05) is 11.1 Å². The minimum absolute atomic E-state index is 0.109. The van der Waals surface area contributed by atoms with E-state index in [9.17, 15) is 14.9 Å². The number of carbonyl (C=O) groups excluding carboxylic acids is 1. The zero-order chi connectivity index (χ0) is 15.6. The van der Waals surface area contributed by atoms with Gasteiger partial charge in [0.1, 0.15) is 4.47 Å². The van der Waals surface area contributed by atoms with Gasteiger partial charge in [-0.3, -0.25) is 14.9 Å². The Hall–Kier alpha value is -1.63. The third-order valence-electron chi connectivity index (χ3n) is 2.60. The molecule has 0 bridgehead atoms. The number of halogens is 3. The van der Waals surface area contributed by atoms with Gasteiger partial charge in [0.05, 0.1) is 21.2 Å². The Morgan fingerprint density at radius 1 is 1.24 bits per heavy atom. The van der Waals surface area contributed by atoms with Crippen LogP contribution in [0.1, 0.15) is 10.4 Å². The van der Waals surface area contributed by atoms with Crippen molar-refractivity contribution in [2.24, 2.45) is 0 Å². The number of hydrogen-bond donors (Lipinski definition) is 1. The molecule has 5 nitrogen and oxygen atoms in total. The topological polar surface area (TPSA) is 72.2 Å². The lowest BCUT2D eigenvalue weighted by atomic mass is 10.2. The van der Waals surface area contributed by atoms with E-state index in [1.807, 2.05) is 0 Å². The van der Waals surface area contributed by atoms with Crippen LogP contribution in [0.25, 0.3) is 0 Å². The zero-order valence-electron chi connectivity index (χ0n) is 10.3. The van der Waals surface area contributed by atoms with Crippen LogP contribution in [0.5, 0.6) is 0 Å². The first-order chi connectivity index (χ1) is 9.90. The molecule has 0 unspecified atom stereocenters. The average molecular weight is 390 g/mol. The van der Waals surface area contributed by atoms with Crippen LogP contribution in [0.4, 0.5) is 11.4 Å². The molecule has 0 atom stereocenters. The van der Waals surface area contributed by atoms with Crippen LogP contribution >= 0.6 is 39.1 Å². The van der Waals surface area contributed by atoms with Gasteiger partial charge >= 0.3 is 0 Å². The number of benzene rings is 2. The van der Waals surface area contributed by atoms with Crippen LogP contribution < -0.4 is 5.32 Å². The Morgan fingerprint density at radius 3 is 2.57 bits per heavy atom. The van der Waals surface area contributed by atoms with Gasteiger partial charge in [0.2, 0.25) is 0 Å². The van der Waals surface area contributed by atoms with Crippen molar-refractivity contribution in [3.63, 3.8) is 0 Å². The molecule has 0 aliphatic rings. The average Bonchev–Trinajstić information content (AvgIpc) is 2.41. The first kappa shape index (κ1) is 15.8. The smallest absolute Gasteiger partial charge is 0.284 e. The second kappa shape index (κ2) is 6.43. The third-order valence-corrected chi connectivity index (χ3v) is 3.98. The molecule has 0 spiro atoms. The summed E-state index contributed by atoms with van der Waals surface area (Å²) in [5, 5.41) is 14.1. The van der Waals surface area contributed by atoms with E-state index in [0.717, 1.165) is 0 Å². The van der Waals surface area contributed by atoms with Gasteiger partial charge in [-0.2, -0.15) is 0 Å². The summed E-state index contributed by atoms with van der Waals surface area (Å²) in [6, 6.07) is 8.81. The molecule has 0 fully saturated rings. The van der Waals surface area contributed by atoms with Crippen LogP contribution in [0.15, 0.2) is 40.9 Å². The van der Waals surface area contributed by atoms with Crippen LogP contribution in [0, 0.1) is 10.1 Å². The van der Waals surface area contributed by atoms with E-state index < -0.39 is 10.8 Å². The largest absolute Gasteiger partial charge is 0.321 e. The fourth-order valence-electron chi connectivity index (χ4n) is 1.62. The first-order valence-corrected chi connectivity index (χ1v) is 7.14. The van der Waals surface area contributed by atoms with E-state index >= 15 is 0 Å². The highest BCUT2D eigenvalue weighted by Gasteiger charge is 2.20. The number of hydrogen-bond acceptors (Lipinski definition) is 3. The maximum Gasteiger partial charge on any atom is 0.284 e. The van der Waals surface area contributed by atoms with Crippen molar-refractivity contribution in [1.29, 1.82) is 0 Å². The molecule has 0 heterocycles. The Labute approximate surface area is 138 Å². The van der Waals surface area contributed by atoms with E-state index in [1.165, 1.54) is 24.3 Å². The van der Waals surface area contributed by atoms with Crippen molar-refractivity contribution in [2.75, 3.05) is 5.32 Å². The van der Waals surface area contributed by atoms with Crippen LogP contribution in [0.3, 0.4) is 0 Å². The normalized spacial score (nSPS) is 10.2. The molecule has 0 aliphatic heterocycles. The lowest BCUT2D eigenvalue weighted by molar-refractivity contribution is -0.385. The van der Waals surface area contributed by atoms with E-state index in [0.29, 0.717) is 10.7 Å². The predicted molar refractivity (Wildman–Crippen MR) is 85.2 cm³/mol. The Balaban J connectivity index is 2.33. The lowest BCUT2D eigenvalue weighted by Crippen LogP contribution is -2.13. The number of carbonyl (C=O) groups is 1. The Bertz CT molecular complexity index is 737. The van der Waals surface area contributed by atoms with Crippen molar-refractivity contribution >= 4 is 56.4 Å². The second-order valence-corrected chi connectivity index (χ2v) is 5.61. The minimum Gasteiger partial charge on any atom is -0.321 e. The minimum atomic E-state index is -0.573. The van der Waals surface area contributed by atoms with Crippen molar-refractivity contribution in [3.05, 3.63) is 66.6 Å². The summed E-state index contributed by atoms with van der Waals surface area (Å²) in [6.45, 7) is 0. The maximum absolute atomic E-state index is 12.2. The van der Waals surface area contributed by atoms with Crippen LogP contribution in [-0.2, 0) is 0 Å². The van der Waals surface area contributed by atoms with Gasteiger partial charge in [-0.25, -0.2) is 0 Å². The molecular weight excluding hydrogens is 383 g/mol. The zero-order valence-corrected chi connectivity index (χ0v) is 13.4. The summed E-state index contributed by atoms with van der Waals surface area (Å²) in [4.78, 5) is 22.5. The number of nitro groups is 1. The second-order valence-electron chi connectivity index (χ2n) is 3.97. The SMILES string of the molecule is O=C(Nc1ccc(Cl)cc1Cl)c1cccc([N+](=O)[O-])c1Br. The van der Waals surface area contributed by atoms with Gasteiger partial charge in [0.15, 0.2) is 0 Å². The highest BCUT2D eigenvalue weighted by molar-refractivity contribution is 9.10. The van der Waals surface area contributed by atoms with Gasteiger partial charge in [-0.1, -0.05) is 29.3 Å². The number of amides is 1. The van der Waals surface area contributed by atoms with Crippen molar-refractivity contribution in [3.8, 4) is 0 Å². The quantitative estimate of drug-likeness (QED) is 0.598. The Morgan fingerprint density at radius 2 is 1.95 bits per heavy atom. The van der Waals surface area contributed by atoms with Gasteiger partial charge in [0.25, 0.3) is 11.6 Å². The van der Waals surface area contributed by atoms with E-state index in [-0.39, 0.29) is 20.7 Å². The molecule has 108 valence electrons. The standard InChI is InChI=1S/C13H7BrCl2N2O3/c14-12-8(2-1-3-11(12)18(20)21)13(19)17-10-5-4-7(15)6-9(10)16/h1-6H,(H,17,19). The molecule has 21 heavy (non-hydrogen) atoms. The van der Waals surface area contributed by atoms with E-state index in [1.54, 1.807) is 12.1 Å². The lowest BCUT2D eigenvalue weighted by Gasteiger charge is -2.09. The fourth-order valence-corrected chi connectivity index (χ4v) is 2.66. The monoisotopic (exact) mass is 388 g/mol.